The van der Waals surface area contributed by atoms with Gasteiger partial charge in [0.25, 0.3) is 5.91 Å². The van der Waals surface area contributed by atoms with Crippen LogP contribution >= 0.6 is 15.9 Å². The van der Waals surface area contributed by atoms with Crippen LogP contribution in [-0.2, 0) is 14.8 Å². The van der Waals surface area contributed by atoms with Gasteiger partial charge in [-0.05, 0) is 61.7 Å². The van der Waals surface area contributed by atoms with Crippen LogP contribution in [-0.4, -0.2) is 27.5 Å². The summed E-state index contributed by atoms with van der Waals surface area (Å²) < 4.78 is 33.4. The zero-order valence-corrected chi connectivity index (χ0v) is 18.6. The summed E-state index contributed by atoms with van der Waals surface area (Å²) in [6, 6.07) is 12.1. The summed E-state index contributed by atoms with van der Waals surface area (Å²) in [5.74, 6) is 0.219. The topological polar surface area (TPSA) is 84.5 Å². The van der Waals surface area contributed by atoms with Crippen LogP contribution in [0.5, 0.6) is 5.75 Å². The molecule has 2 N–H and O–H groups in total. The molecule has 0 unspecified atom stereocenters. The number of amides is 1. The Morgan fingerprint density at radius 3 is 2.46 bits per heavy atom. The molecule has 8 heteroatoms. The highest BCUT2D eigenvalue weighted by Crippen LogP contribution is 2.22. The third kappa shape index (κ3) is 6.32. The summed E-state index contributed by atoms with van der Waals surface area (Å²) >= 11 is 3.38. The number of benzene rings is 2. The van der Waals surface area contributed by atoms with Gasteiger partial charge in [0.15, 0.2) is 6.61 Å². The van der Waals surface area contributed by atoms with Crippen LogP contribution in [0.25, 0.3) is 0 Å². The van der Waals surface area contributed by atoms with Crippen molar-refractivity contribution in [1.29, 1.82) is 0 Å². The van der Waals surface area contributed by atoms with Gasteiger partial charge < -0.3 is 10.1 Å². The highest BCUT2D eigenvalue weighted by Gasteiger charge is 2.15. The Labute approximate surface area is 174 Å². The van der Waals surface area contributed by atoms with Crippen molar-refractivity contribution in [2.45, 2.75) is 38.1 Å². The van der Waals surface area contributed by atoms with E-state index in [9.17, 15) is 13.2 Å². The normalized spacial score (nSPS) is 12.4. The second-order valence-electron chi connectivity index (χ2n) is 6.45. The summed E-state index contributed by atoms with van der Waals surface area (Å²) in [5.41, 5.74) is 1.63. The lowest BCUT2D eigenvalue weighted by Gasteiger charge is -2.16. The summed E-state index contributed by atoms with van der Waals surface area (Å²) in [6.45, 7) is 5.78. The Bertz CT molecular complexity index is 914. The average Bonchev–Trinajstić information content (AvgIpc) is 2.65. The number of nitrogens with one attached hydrogen (secondary N) is 2. The van der Waals surface area contributed by atoms with Gasteiger partial charge in [-0.1, -0.05) is 35.0 Å². The minimum atomic E-state index is -3.53. The third-order valence-electron chi connectivity index (χ3n) is 4.11. The van der Waals surface area contributed by atoms with Crippen molar-refractivity contribution in [3.8, 4) is 5.75 Å². The van der Waals surface area contributed by atoms with Crippen molar-refractivity contribution in [3.05, 3.63) is 58.1 Å². The highest BCUT2D eigenvalue weighted by molar-refractivity contribution is 9.10. The standard InChI is InChI=1S/C20H25BrN2O4S/c1-4-11-22-28(25,26)18-9-10-19(14(2)12-18)27-13-20(24)23-15(3)16-5-7-17(21)8-6-16/h5-10,12,15,22H,4,11,13H2,1-3H3,(H,23,24)/t15-/m1/s1. The minimum absolute atomic E-state index is 0.151. The molecule has 0 radical (unpaired) electrons. The van der Waals surface area contributed by atoms with Gasteiger partial charge in [0.05, 0.1) is 10.9 Å². The fraction of sp³-hybridized carbons (Fsp3) is 0.350. The molecule has 28 heavy (non-hydrogen) atoms. The lowest BCUT2D eigenvalue weighted by molar-refractivity contribution is -0.123. The number of sulfonamides is 1. The predicted molar refractivity (Wildman–Crippen MR) is 113 cm³/mol. The first-order valence-corrected chi connectivity index (χ1v) is 11.3. The lowest BCUT2D eigenvalue weighted by atomic mass is 10.1. The van der Waals surface area contributed by atoms with Gasteiger partial charge in [0.1, 0.15) is 5.75 Å². The Kier molecular flexibility index (Phi) is 8.03. The van der Waals surface area contributed by atoms with E-state index in [0.717, 1.165) is 10.0 Å². The van der Waals surface area contributed by atoms with Gasteiger partial charge in [0, 0.05) is 11.0 Å². The number of halogens is 1. The van der Waals surface area contributed by atoms with Crippen molar-refractivity contribution in [1.82, 2.24) is 10.0 Å². The summed E-state index contributed by atoms with van der Waals surface area (Å²) in [6.07, 6.45) is 0.715. The monoisotopic (exact) mass is 468 g/mol. The molecule has 0 saturated carbocycles. The maximum Gasteiger partial charge on any atom is 0.258 e. The maximum absolute atomic E-state index is 12.2. The molecule has 0 fully saturated rings. The first-order valence-electron chi connectivity index (χ1n) is 9.01. The number of ether oxygens (including phenoxy) is 1. The zero-order chi connectivity index (χ0) is 20.7. The van der Waals surface area contributed by atoms with E-state index in [1.807, 2.05) is 38.1 Å². The lowest BCUT2D eigenvalue weighted by Crippen LogP contribution is -2.31. The van der Waals surface area contributed by atoms with E-state index in [1.54, 1.807) is 13.0 Å². The molecule has 0 aromatic heterocycles. The smallest absolute Gasteiger partial charge is 0.258 e. The van der Waals surface area contributed by atoms with Crippen LogP contribution < -0.4 is 14.8 Å². The van der Waals surface area contributed by atoms with Crippen LogP contribution in [0.3, 0.4) is 0 Å². The molecular formula is C20H25BrN2O4S. The van der Waals surface area contributed by atoms with Crippen molar-refractivity contribution in [2.24, 2.45) is 0 Å². The molecule has 1 atom stereocenters. The van der Waals surface area contributed by atoms with Crippen LogP contribution in [0.15, 0.2) is 51.8 Å². The zero-order valence-electron chi connectivity index (χ0n) is 16.2. The third-order valence-corrected chi connectivity index (χ3v) is 6.09. The molecule has 0 spiro atoms. The number of hydrogen-bond donors (Lipinski definition) is 2. The fourth-order valence-electron chi connectivity index (χ4n) is 2.53. The van der Waals surface area contributed by atoms with Gasteiger partial charge in [-0.3, -0.25) is 4.79 Å². The maximum atomic E-state index is 12.2. The van der Waals surface area contributed by atoms with Crippen molar-refractivity contribution >= 4 is 31.9 Å². The number of hydrogen-bond acceptors (Lipinski definition) is 4. The number of rotatable bonds is 9. The Morgan fingerprint density at radius 2 is 1.86 bits per heavy atom. The van der Waals surface area contributed by atoms with Gasteiger partial charge >= 0.3 is 0 Å². The van der Waals surface area contributed by atoms with E-state index >= 15 is 0 Å². The molecule has 2 rings (SSSR count). The predicted octanol–water partition coefficient (Wildman–Crippen LogP) is 3.70. The largest absolute Gasteiger partial charge is 0.484 e. The van der Waals surface area contributed by atoms with E-state index in [4.69, 9.17) is 4.74 Å². The number of aryl methyl sites for hydroxylation is 1. The second-order valence-corrected chi connectivity index (χ2v) is 9.14. The Hall–Kier alpha value is -1.90. The number of carbonyl (C=O) groups excluding carboxylic acids is 1. The average molecular weight is 469 g/mol. The van der Waals surface area contributed by atoms with Gasteiger partial charge in [0.2, 0.25) is 10.0 Å². The van der Waals surface area contributed by atoms with Crippen molar-refractivity contribution in [2.75, 3.05) is 13.2 Å². The molecule has 0 aliphatic carbocycles. The van der Waals surface area contributed by atoms with E-state index in [2.05, 4.69) is 26.0 Å². The first kappa shape index (κ1) is 22.4. The van der Waals surface area contributed by atoms with Crippen LogP contribution in [0.1, 0.15) is 37.4 Å². The van der Waals surface area contributed by atoms with Crippen LogP contribution in [0.4, 0.5) is 0 Å². The van der Waals surface area contributed by atoms with Gasteiger partial charge in [-0.25, -0.2) is 13.1 Å². The molecule has 0 aliphatic heterocycles. The molecular weight excluding hydrogens is 444 g/mol. The SMILES string of the molecule is CCCNS(=O)(=O)c1ccc(OCC(=O)N[C@H](C)c2ccc(Br)cc2)c(C)c1. The van der Waals surface area contributed by atoms with E-state index in [1.165, 1.54) is 12.1 Å². The Balaban J connectivity index is 1.94. The highest BCUT2D eigenvalue weighted by atomic mass is 79.9. The van der Waals surface area contributed by atoms with Crippen LogP contribution in [0.2, 0.25) is 0 Å². The molecule has 0 heterocycles. The number of carbonyl (C=O) groups is 1. The molecule has 152 valence electrons. The molecule has 0 bridgehead atoms. The fourth-order valence-corrected chi connectivity index (χ4v) is 4.01. The molecule has 0 aliphatic rings. The minimum Gasteiger partial charge on any atom is -0.484 e. The second kappa shape index (κ2) is 10.0. The summed E-state index contributed by atoms with van der Waals surface area (Å²) in [4.78, 5) is 12.4. The summed E-state index contributed by atoms with van der Waals surface area (Å²) in [5, 5.41) is 2.88. The van der Waals surface area contributed by atoms with E-state index < -0.39 is 10.0 Å². The van der Waals surface area contributed by atoms with Crippen molar-refractivity contribution in [3.63, 3.8) is 0 Å². The quantitative estimate of drug-likeness (QED) is 0.587. The molecule has 0 saturated heterocycles. The molecule has 1 amide bonds. The van der Waals surface area contributed by atoms with Gasteiger partial charge in [-0.2, -0.15) is 0 Å². The van der Waals surface area contributed by atoms with E-state index in [0.29, 0.717) is 24.3 Å². The Morgan fingerprint density at radius 1 is 1.18 bits per heavy atom. The van der Waals surface area contributed by atoms with Gasteiger partial charge in [-0.15, -0.1) is 0 Å². The molecule has 2 aromatic carbocycles. The molecule has 2 aromatic rings. The first-order chi connectivity index (χ1) is 13.2. The van der Waals surface area contributed by atoms with E-state index in [-0.39, 0.29) is 23.5 Å². The summed E-state index contributed by atoms with van der Waals surface area (Å²) in [7, 11) is -3.53. The van der Waals surface area contributed by atoms with Crippen molar-refractivity contribution < 1.29 is 17.9 Å². The van der Waals surface area contributed by atoms with Crippen LogP contribution in [0, 0.1) is 6.92 Å². The molecule has 6 nitrogen and oxygen atoms in total.